The fraction of sp³-hybridized carbons (Fsp3) is 0.857. The van der Waals surface area contributed by atoms with Gasteiger partial charge in [-0.3, -0.25) is 9.59 Å². The normalized spacial score (nSPS) is 18.3. The molecule has 5 nitrogen and oxygen atoms in total. The maximum atomic E-state index is 12.3. The second-order valence-electron chi connectivity index (χ2n) is 6.19. The lowest BCUT2D eigenvalue weighted by atomic mass is 9.82. The first-order chi connectivity index (χ1) is 8.70. The number of hydrogen-bond acceptors (Lipinski definition) is 3. The molecule has 0 aliphatic heterocycles. The van der Waals surface area contributed by atoms with Gasteiger partial charge in [-0.15, -0.1) is 0 Å². The Morgan fingerprint density at radius 2 is 1.79 bits per heavy atom. The van der Waals surface area contributed by atoms with E-state index in [1.807, 2.05) is 6.92 Å². The van der Waals surface area contributed by atoms with Gasteiger partial charge in [-0.1, -0.05) is 12.8 Å². The third-order valence-corrected chi connectivity index (χ3v) is 3.82. The lowest BCUT2D eigenvalue weighted by Gasteiger charge is -2.31. The number of amides is 1. The third kappa shape index (κ3) is 4.20. The van der Waals surface area contributed by atoms with Crippen molar-refractivity contribution in [1.29, 1.82) is 0 Å². The molecule has 1 rings (SSSR count). The Balaban J connectivity index is 2.73. The summed E-state index contributed by atoms with van der Waals surface area (Å²) in [4.78, 5) is 25.2. The van der Waals surface area contributed by atoms with Crippen LogP contribution in [0.25, 0.3) is 0 Å². The molecular weight excluding hydrogens is 246 g/mol. The Hall–Kier alpha value is -1.10. The molecule has 2 N–H and O–H groups in total. The molecule has 1 saturated carbocycles. The van der Waals surface area contributed by atoms with Gasteiger partial charge in [0.2, 0.25) is 5.91 Å². The largest absolute Gasteiger partial charge is 0.481 e. The Morgan fingerprint density at radius 3 is 2.16 bits per heavy atom. The number of carbonyl (C=O) groups is 2. The van der Waals surface area contributed by atoms with E-state index in [1.54, 1.807) is 18.7 Å². The van der Waals surface area contributed by atoms with E-state index in [4.69, 9.17) is 0 Å². The van der Waals surface area contributed by atoms with Crippen molar-refractivity contribution in [1.82, 2.24) is 4.90 Å². The number of carboxylic acid groups (broad SMARTS) is 1. The molecule has 0 spiro atoms. The summed E-state index contributed by atoms with van der Waals surface area (Å²) in [5.41, 5.74) is -1.85. The predicted molar refractivity (Wildman–Crippen MR) is 71.7 cm³/mol. The second-order valence-corrected chi connectivity index (χ2v) is 6.19. The standard InChI is InChI=1S/C14H25NO4/c1-4-15(10-13(2,3)19)11(16)9-14(12(17)18)7-5-6-8-14/h19H,4-10H2,1-3H3,(H,17,18). The van der Waals surface area contributed by atoms with Crippen LogP contribution in [-0.4, -0.2) is 45.7 Å². The minimum atomic E-state index is -0.961. The zero-order chi connectivity index (χ0) is 14.7. The van der Waals surface area contributed by atoms with Crippen LogP contribution in [0.1, 0.15) is 52.9 Å². The Morgan fingerprint density at radius 1 is 1.26 bits per heavy atom. The van der Waals surface area contributed by atoms with Gasteiger partial charge in [0.15, 0.2) is 0 Å². The van der Waals surface area contributed by atoms with Gasteiger partial charge in [0.05, 0.1) is 11.0 Å². The Kier molecular flexibility index (Phi) is 4.96. The van der Waals surface area contributed by atoms with Crippen molar-refractivity contribution in [2.75, 3.05) is 13.1 Å². The average molecular weight is 271 g/mol. The first-order valence-electron chi connectivity index (χ1n) is 6.94. The molecular formula is C14H25NO4. The molecule has 1 amide bonds. The summed E-state index contributed by atoms with van der Waals surface area (Å²) < 4.78 is 0. The maximum absolute atomic E-state index is 12.3. The summed E-state index contributed by atoms with van der Waals surface area (Å²) in [5, 5.41) is 19.2. The van der Waals surface area contributed by atoms with Crippen LogP contribution < -0.4 is 0 Å². The van der Waals surface area contributed by atoms with Gasteiger partial charge in [0.25, 0.3) is 0 Å². The van der Waals surface area contributed by atoms with Gasteiger partial charge in [-0.25, -0.2) is 0 Å². The van der Waals surface area contributed by atoms with Gasteiger partial charge in [-0.05, 0) is 33.6 Å². The molecule has 0 aromatic carbocycles. The molecule has 1 fully saturated rings. The predicted octanol–water partition coefficient (Wildman–Crippen LogP) is 1.64. The van der Waals surface area contributed by atoms with E-state index in [-0.39, 0.29) is 18.9 Å². The highest BCUT2D eigenvalue weighted by Gasteiger charge is 2.43. The van der Waals surface area contributed by atoms with Crippen LogP contribution >= 0.6 is 0 Å². The summed E-state index contributed by atoms with van der Waals surface area (Å²) in [7, 11) is 0. The van der Waals surface area contributed by atoms with Crippen molar-refractivity contribution in [3.8, 4) is 0 Å². The van der Waals surface area contributed by atoms with Gasteiger partial charge >= 0.3 is 5.97 Å². The van der Waals surface area contributed by atoms with Crippen LogP contribution in [0.15, 0.2) is 0 Å². The number of carboxylic acids is 1. The molecule has 0 atom stereocenters. The fourth-order valence-electron chi connectivity index (χ4n) is 2.76. The van der Waals surface area contributed by atoms with E-state index in [9.17, 15) is 19.8 Å². The first kappa shape index (κ1) is 16.0. The van der Waals surface area contributed by atoms with E-state index in [0.717, 1.165) is 12.8 Å². The number of carbonyl (C=O) groups excluding carboxylic acids is 1. The second kappa shape index (κ2) is 5.90. The Bertz CT molecular complexity index is 340. The van der Waals surface area contributed by atoms with Crippen LogP contribution in [0.4, 0.5) is 0 Å². The highest BCUT2D eigenvalue weighted by molar-refractivity contribution is 5.85. The smallest absolute Gasteiger partial charge is 0.310 e. The van der Waals surface area contributed by atoms with E-state index in [2.05, 4.69) is 0 Å². The van der Waals surface area contributed by atoms with Crippen LogP contribution in [0.5, 0.6) is 0 Å². The summed E-state index contributed by atoms with van der Waals surface area (Å²) in [6.45, 7) is 5.85. The summed E-state index contributed by atoms with van der Waals surface area (Å²) >= 11 is 0. The summed E-state index contributed by atoms with van der Waals surface area (Å²) in [6, 6.07) is 0. The highest BCUT2D eigenvalue weighted by Crippen LogP contribution is 2.41. The van der Waals surface area contributed by atoms with Crippen LogP contribution in [0.2, 0.25) is 0 Å². The van der Waals surface area contributed by atoms with Crippen molar-refractivity contribution in [3.05, 3.63) is 0 Å². The quantitative estimate of drug-likeness (QED) is 0.770. The van der Waals surface area contributed by atoms with Crippen molar-refractivity contribution in [3.63, 3.8) is 0 Å². The lowest BCUT2D eigenvalue weighted by molar-refractivity contribution is -0.154. The molecule has 0 bridgehead atoms. The Labute approximate surface area is 114 Å². The molecule has 0 heterocycles. The molecule has 0 saturated heterocycles. The van der Waals surface area contributed by atoms with Crippen molar-refractivity contribution in [2.45, 2.75) is 58.5 Å². The fourth-order valence-corrected chi connectivity index (χ4v) is 2.76. The molecule has 0 radical (unpaired) electrons. The molecule has 5 heteroatoms. The number of aliphatic carboxylic acids is 1. The first-order valence-corrected chi connectivity index (χ1v) is 6.94. The third-order valence-electron chi connectivity index (χ3n) is 3.82. The molecule has 1 aliphatic carbocycles. The van der Waals surface area contributed by atoms with Crippen LogP contribution in [0.3, 0.4) is 0 Å². The number of aliphatic hydroxyl groups is 1. The molecule has 0 aromatic heterocycles. The van der Waals surface area contributed by atoms with Gasteiger partial charge in [0, 0.05) is 19.5 Å². The molecule has 0 unspecified atom stereocenters. The molecule has 1 aliphatic rings. The van der Waals surface area contributed by atoms with Gasteiger partial charge in [-0.2, -0.15) is 0 Å². The minimum Gasteiger partial charge on any atom is -0.481 e. The SMILES string of the molecule is CCN(CC(C)(C)O)C(=O)CC1(C(=O)O)CCCC1. The van der Waals surface area contributed by atoms with E-state index in [0.29, 0.717) is 19.4 Å². The molecule has 110 valence electrons. The number of likely N-dealkylation sites (N-methyl/N-ethyl adjacent to an activating group) is 1. The number of nitrogens with zero attached hydrogens (tertiary/aromatic N) is 1. The lowest BCUT2D eigenvalue weighted by Crippen LogP contribution is -2.44. The zero-order valence-electron chi connectivity index (χ0n) is 12.1. The average Bonchev–Trinajstić information content (AvgIpc) is 2.74. The zero-order valence-corrected chi connectivity index (χ0v) is 12.1. The van der Waals surface area contributed by atoms with Gasteiger partial charge < -0.3 is 15.1 Å². The highest BCUT2D eigenvalue weighted by atomic mass is 16.4. The van der Waals surface area contributed by atoms with Crippen LogP contribution in [0, 0.1) is 5.41 Å². The van der Waals surface area contributed by atoms with E-state index < -0.39 is 17.0 Å². The summed E-state index contributed by atoms with van der Waals surface area (Å²) in [6.07, 6.45) is 2.95. The van der Waals surface area contributed by atoms with Crippen LogP contribution in [-0.2, 0) is 9.59 Å². The van der Waals surface area contributed by atoms with E-state index >= 15 is 0 Å². The summed E-state index contributed by atoms with van der Waals surface area (Å²) in [5.74, 6) is -1.04. The minimum absolute atomic E-state index is 0.0479. The maximum Gasteiger partial charge on any atom is 0.310 e. The van der Waals surface area contributed by atoms with Gasteiger partial charge in [0.1, 0.15) is 0 Å². The van der Waals surface area contributed by atoms with E-state index in [1.165, 1.54) is 0 Å². The topological polar surface area (TPSA) is 77.8 Å². The monoisotopic (exact) mass is 271 g/mol. The molecule has 0 aromatic rings. The van der Waals surface area contributed by atoms with Crippen molar-refractivity contribution in [2.24, 2.45) is 5.41 Å². The van der Waals surface area contributed by atoms with Crippen molar-refractivity contribution < 1.29 is 19.8 Å². The van der Waals surface area contributed by atoms with Crippen molar-refractivity contribution >= 4 is 11.9 Å². The number of rotatable bonds is 6. The molecule has 19 heavy (non-hydrogen) atoms. The number of hydrogen-bond donors (Lipinski definition) is 2.